The second kappa shape index (κ2) is 9.49. The van der Waals surface area contributed by atoms with Crippen LogP contribution in [0.15, 0.2) is 54.0 Å². The molecule has 0 spiro atoms. The molecule has 1 atom stereocenters. The Morgan fingerprint density at radius 3 is 2.67 bits per heavy atom. The molecule has 1 aromatic carbocycles. The summed E-state index contributed by atoms with van der Waals surface area (Å²) in [5, 5.41) is 20.2. The Morgan fingerprint density at radius 1 is 1.23 bits per heavy atom. The van der Waals surface area contributed by atoms with Crippen molar-refractivity contribution in [2.45, 2.75) is 13.0 Å². The van der Waals surface area contributed by atoms with E-state index in [1.54, 1.807) is 41.8 Å². The van der Waals surface area contributed by atoms with Crippen molar-refractivity contribution < 1.29 is 19.1 Å². The van der Waals surface area contributed by atoms with Crippen LogP contribution in [0, 0.1) is 11.3 Å². The first-order chi connectivity index (χ1) is 14.5. The predicted octanol–water partition coefficient (Wildman–Crippen LogP) is 2.11. The lowest BCUT2D eigenvalue weighted by molar-refractivity contribution is -0.148. The van der Waals surface area contributed by atoms with Crippen molar-refractivity contribution in [1.82, 2.24) is 15.1 Å². The van der Waals surface area contributed by atoms with Gasteiger partial charge in [0, 0.05) is 0 Å². The van der Waals surface area contributed by atoms with Gasteiger partial charge >= 0.3 is 5.97 Å². The number of benzene rings is 1. The van der Waals surface area contributed by atoms with Gasteiger partial charge in [-0.25, -0.2) is 9.48 Å². The fraction of sp³-hybridized carbons (Fsp3) is 0.150. The lowest BCUT2D eigenvalue weighted by atomic mass is 10.3. The molecule has 0 saturated heterocycles. The van der Waals surface area contributed by atoms with Crippen LogP contribution in [0.5, 0.6) is 0 Å². The number of hydrogen-bond donors (Lipinski definition) is 2. The first-order valence-corrected chi connectivity index (χ1v) is 9.72. The summed E-state index contributed by atoms with van der Waals surface area (Å²) in [6.45, 7) is 0.882. The highest BCUT2D eigenvalue weighted by Crippen LogP contribution is 2.19. The number of nitriles is 1. The third kappa shape index (κ3) is 4.89. The lowest BCUT2D eigenvalue weighted by Gasteiger charge is -2.13. The van der Waals surface area contributed by atoms with Crippen LogP contribution >= 0.6 is 11.3 Å². The molecule has 0 fully saturated rings. The van der Waals surface area contributed by atoms with Crippen molar-refractivity contribution in [3.63, 3.8) is 0 Å². The molecule has 152 valence electrons. The quantitative estimate of drug-likeness (QED) is 0.561. The number of aromatic nitrogens is 2. The number of nitrogens with one attached hydrogen (secondary N) is 2. The molecule has 2 N–H and O–H groups in total. The van der Waals surface area contributed by atoms with Crippen molar-refractivity contribution in [3.05, 3.63) is 64.5 Å². The van der Waals surface area contributed by atoms with E-state index in [2.05, 4.69) is 15.7 Å². The van der Waals surface area contributed by atoms with E-state index in [-0.39, 0.29) is 11.4 Å². The molecule has 2 amide bonds. The molecule has 1 unspecified atom stereocenters. The second-order valence-corrected chi connectivity index (χ2v) is 7.04. The van der Waals surface area contributed by atoms with Crippen molar-refractivity contribution in [3.8, 4) is 11.8 Å². The minimum absolute atomic E-state index is 0.162. The molecule has 0 aliphatic rings. The molecule has 0 radical (unpaired) electrons. The Hall–Kier alpha value is -3.97. The van der Waals surface area contributed by atoms with Gasteiger partial charge in [0.05, 0.1) is 16.8 Å². The Balaban J connectivity index is 1.58. The number of esters is 1. The smallest absolute Gasteiger partial charge is 0.328 e. The Bertz CT molecular complexity index is 1090. The summed E-state index contributed by atoms with van der Waals surface area (Å²) in [6.07, 6.45) is 1.33. The molecule has 3 aromatic rings. The summed E-state index contributed by atoms with van der Waals surface area (Å²) < 4.78 is 6.38. The van der Waals surface area contributed by atoms with Crippen molar-refractivity contribution in [2.75, 3.05) is 11.9 Å². The third-order valence-corrected chi connectivity index (χ3v) is 4.81. The minimum Gasteiger partial charge on any atom is -0.454 e. The molecule has 2 heterocycles. The molecule has 9 nitrogen and oxygen atoms in total. The Kier molecular flexibility index (Phi) is 6.56. The Morgan fingerprint density at radius 2 is 2.00 bits per heavy atom. The van der Waals surface area contributed by atoms with Gasteiger partial charge in [-0.05, 0) is 30.5 Å². The van der Waals surface area contributed by atoms with E-state index in [9.17, 15) is 19.6 Å². The van der Waals surface area contributed by atoms with Gasteiger partial charge in [-0.1, -0.05) is 24.3 Å². The van der Waals surface area contributed by atoms with Crippen LogP contribution in [0.4, 0.5) is 5.82 Å². The summed E-state index contributed by atoms with van der Waals surface area (Å²) in [5.74, 6) is -1.63. The zero-order valence-corrected chi connectivity index (χ0v) is 16.7. The van der Waals surface area contributed by atoms with Crippen LogP contribution in [0.3, 0.4) is 0 Å². The van der Waals surface area contributed by atoms with Gasteiger partial charge in [-0.15, -0.1) is 11.3 Å². The molecule has 0 saturated carbocycles. The van der Waals surface area contributed by atoms with Crippen LogP contribution in [-0.4, -0.2) is 40.2 Å². The second-order valence-electron chi connectivity index (χ2n) is 6.09. The van der Waals surface area contributed by atoms with Crippen molar-refractivity contribution in [1.29, 1.82) is 5.26 Å². The molecule has 2 aromatic heterocycles. The van der Waals surface area contributed by atoms with Gasteiger partial charge in [0.15, 0.2) is 12.4 Å². The molecular weight excluding hydrogens is 406 g/mol. The zero-order valence-electron chi connectivity index (χ0n) is 15.9. The number of rotatable bonds is 7. The van der Waals surface area contributed by atoms with Crippen LogP contribution in [0.1, 0.15) is 22.2 Å². The average molecular weight is 423 g/mol. The van der Waals surface area contributed by atoms with Crippen molar-refractivity contribution in [2.24, 2.45) is 0 Å². The van der Waals surface area contributed by atoms with E-state index < -0.39 is 30.4 Å². The number of anilines is 1. The summed E-state index contributed by atoms with van der Waals surface area (Å²) >= 11 is 1.25. The van der Waals surface area contributed by atoms with Gasteiger partial charge < -0.3 is 15.4 Å². The van der Waals surface area contributed by atoms with Crippen LogP contribution in [-0.2, 0) is 14.3 Å². The van der Waals surface area contributed by atoms with E-state index in [1.165, 1.54) is 29.1 Å². The largest absolute Gasteiger partial charge is 0.454 e. The summed E-state index contributed by atoms with van der Waals surface area (Å²) in [7, 11) is 0. The normalized spacial score (nSPS) is 11.2. The molecule has 3 rings (SSSR count). The van der Waals surface area contributed by atoms with Crippen LogP contribution in [0.2, 0.25) is 0 Å². The minimum atomic E-state index is -0.933. The lowest BCUT2D eigenvalue weighted by Crippen LogP contribution is -2.40. The molecule has 0 aliphatic carbocycles. The number of ether oxygens (including phenoxy) is 1. The predicted molar refractivity (Wildman–Crippen MR) is 109 cm³/mol. The van der Waals surface area contributed by atoms with Crippen molar-refractivity contribution >= 4 is 34.9 Å². The maximum Gasteiger partial charge on any atom is 0.328 e. The highest BCUT2D eigenvalue weighted by Gasteiger charge is 2.21. The first-order valence-electron chi connectivity index (χ1n) is 8.84. The zero-order chi connectivity index (χ0) is 21.5. The van der Waals surface area contributed by atoms with Gasteiger partial charge in [0.25, 0.3) is 11.8 Å². The summed E-state index contributed by atoms with van der Waals surface area (Å²) in [5.41, 5.74) is 0.811. The van der Waals surface area contributed by atoms with E-state index in [4.69, 9.17) is 4.74 Å². The fourth-order valence-corrected chi connectivity index (χ4v) is 3.11. The highest BCUT2D eigenvalue weighted by molar-refractivity contribution is 7.12. The van der Waals surface area contributed by atoms with Gasteiger partial charge in [0.1, 0.15) is 17.7 Å². The maximum atomic E-state index is 12.3. The maximum absolute atomic E-state index is 12.3. The van der Waals surface area contributed by atoms with Gasteiger partial charge in [-0.3, -0.25) is 9.59 Å². The van der Waals surface area contributed by atoms with E-state index in [0.717, 1.165) is 0 Å². The van der Waals surface area contributed by atoms with Gasteiger partial charge in [0.2, 0.25) is 0 Å². The standard InChI is InChI=1S/C20H17N5O4S/c1-13(23-19(27)16-8-5-9-30-16)20(28)29-12-17(26)24-18-14(10-21)11-22-25(18)15-6-3-2-4-7-15/h2-9,11,13H,12H2,1H3,(H,23,27)(H,24,26). The first kappa shape index (κ1) is 20.8. The number of carbonyl (C=O) groups is 3. The molecular formula is C20H17N5O4S. The monoisotopic (exact) mass is 423 g/mol. The van der Waals surface area contributed by atoms with Crippen LogP contribution in [0.25, 0.3) is 5.69 Å². The molecule has 10 heteroatoms. The van der Waals surface area contributed by atoms with Gasteiger partial charge in [-0.2, -0.15) is 10.4 Å². The van der Waals surface area contributed by atoms with E-state index in [0.29, 0.717) is 10.6 Å². The number of thiophene rings is 1. The number of para-hydroxylation sites is 1. The SMILES string of the molecule is CC(NC(=O)c1cccs1)C(=O)OCC(=O)Nc1c(C#N)cnn1-c1ccccc1. The summed E-state index contributed by atoms with van der Waals surface area (Å²) in [4.78, 5) is 36.8. The average Bonchev–Trinajstić information content (AvgIpc) is 3.42. The van der Waals surface area contributed by atoms with E-state index in [1.807, 2.05) is 12.1 Å². The third-order valence-electron chi connectivity index (χ3n) is 3.94. The topological polar surface area (TPSA) is 126 Å². The number of nitrogens with zero attached hydrogens (tertiary/aromatic N) is 3. The van der Waals surface area contributed by atoms with E-state index >= 15 is 0 Å². The summed E-state index contributed by atoms with van der Waals surface area (Å²) in [6, 6.07) is 13.3. The molecule has 30 heavy (non-hydrogen) atoms. The van der Waals surface area contributed by atoms with Crippen LogP contribution < -0.4 is 10.6 Å². The highest BCUT2D eigenvalue weighted by atomic mass is 32.1. The molecule has 0 aliphatic heterocycles. The number of carbonyl (C=O) groups excluding carboxylic acids is 3. The number of amides is 2. The fourth-order valence-electron chi connectivity index (χ4n) is 2.48. The molecule has 0 bridgehead atoms. The number of hydrogen-bond acceptors (Lipinski definition) is 7. The Labute approximate surface area is 175 Å².